The van der Waals surface area contributed by atoms with Gasteiger partial charge in [0.1, 0.15) is 11.3 Å². The van der Waals surface area contributed by atoms with E-state index >= 15 is 0 Å². The number of hydrogen-bond donors (Lipinski definition) is 0. The minimum Gasteiger partial charge on any atom is -0.299 e. The molecule has 0 aliphatic heterocycles. The summed E-state index contributed by atoms with van der Waals surface area (Å²) < 4.78 is 1.94. The third kappa shape index (κ3) is 1.70. The number of imidazole rings is 1. The lowest BCUT2D eigenvalue weighted by Crippen LogP contribution is -1.90. The molecule has 2 heterocycles. The number of benzene rings is 1. The molecule has 3 rings (SSSR count). The Hall–Kier alpha value is -2.42. The monoisotopic (exact) mass is 236 g/mol. The Morgan fingerprint density at radius 2 is 2.00 bits per heavy atom. The molecule has 0 aliphatic carbocycles. The Labute approximate surface area is 105 Å². The largest absolute Gasteiger partial charge is 0.299 e. The van der Waals surface area contributed by atoms with Gasteiger partial charge >= 0.3 is 0 Å². The summed E-state index contributed by atoms with van der Waals surface area (Å²) in [6.45, 7) is 2.06. The van der Waals surface area contributed by atoms with E-state index in [1.54, 1.807) is 6.20 Å². The SMILES string of the molecule is Cc1cccc(-c2cccc3nc(C=O)cn23)c1. The van der Waals surface area contributed by atoms with Gasteiger partial charge in [-0.25, -0.2) is 4.98 Å². The van der Waals surface area contributed by atoms with Crippen molar-refractivity contribution in [1.29, 1.82) is 0 Å². The van der Waals surface area contributed by atoms with Crippen LogP contribution >= 0.6 is 0 Å². The normalized spacial score (nSPS) is 10.7. The van der Waals surface area contributed by atoms with Crippen LogP contribution < -0.4 is 0 Å². The third-order valence-corrected chi connectivity index (χ3v) is 2.95. The molecule has 0 radical (unpaired) electrons. The number of carbonyl (C=O) groups is 1. The predicted octanol–water partition coefficient (Wildman–Crippen LogP) is 3.12. The van der Waals surface area contributed by atoms with E-state index in [9.17, 15) is 4.79 Å². The second-order valence-electron chi connectivity index (χ2n) is 4.29. The highest BCUT2D eigenvalue weighted by molar-refractivity contribution is 5.74. The average molecular weight is 236 g/mol. The number of pyridine rings is 1. The second kappa shape index (κ2) is 4.11. The minimum atomic E-state index is 0.454. The molecule has 1 aromatic carbocycles. The molecule has 88 valence electrons. The van der Waals surface area contributed by atoms with Crippen LogP contribution in [0, 0.1) is 6.92 Å². The molecule has 0 saturated carbocycles. The smallest absolute Gasteiger partial charge is 0.170 e. The molecule has 0 N–H and O–H groups in total. The highest BCUT2D eigenvalue weighted by atomic mass is 16.1. The maximum atomic E-state index is 10.8. The number of carbonyl (C=O) groups excluding carboxylic acids is 1. The zero-order valence-electron chi connectivity index (χ0n) is 10.00. The Morgan fingerprint density at radius 1 is 1.17 bits per heavy atom. The number of nitrogens with zero attached hydrogens (tertiary/aromatic N) is 2. The van der Waals surface area contributed by atoms with Crippen molar-refractivity contribution in [2.75, 3.05) is 0 Å². The van der Waals surface area contributed by atoms with E-state index in [4.69, 9.17) is 0 Å². The van der Waals surface area contributed by atoms with Crippen LogP contribution in [-0.2, 0) is 0 Å². The maximum Gasteiger partial charge on any atom is 0.170 e. The molecular weight excluding hydrogens is 224 g/mol. The Kier molecular flexibility index (Phi) is 2.45. The number of aldehydes is 1. The van der Waals surface area contributed by atoms with Crippen LogP contribution in [0.1, 0.15) is 16.1 Å². The van der Waals surface area contributed by atoms with Crippen molar-refractivity contribution in [3.63, 3.8) is 0 Å². The summed E-state index contributed by atoms with van der Waals surface area (Å²) in [6, 6.07) is 14.1. The van der Waals surface area contributed by atoms with Gasteiger partial charge < -0.3 is 0 Å². The third-order valence-electron chi connectivity index (χ3n) is 2.95. The minimum absolute atomic E-state index is 0.454. The highest BCUT2D eigenvalue weighted by Gasteiger charge is 2.06. The lowest BCUT2D eigenvalue weighted by atomic mass is 10.1. The van der Waals surface area contributed by atoms with Gasteiger partial charge in [0.25, 0.3) is 0 Å². The van der Waals surface area contributed by atoms with E-state index in [1.165, 1.54) is 5.56 Å². The number of rotatable bonds is 2. The number of aromatic nitrogens is 2. The first kappa shape index (κ1) is 10.7. The van der Waals surface area contributed by atoms with Crippen LogP contribution in [0.15, 0.2) is 48.7 Å². The van der Waals surface area contributed by atoms with Gasteiger partial charge in [0.05, 0.1) is 5.69 Å². The summed E-state index contributed by atoms with van der Waals surface area (Å²) in [5.41, 5.74) is 4.61. The van der Waals surface area contributed by atoms with Crippen molar-refractivity contribution in [2.24, 2.45) is 0 Å². The summed E-state index contributed by atoms with van der Waals surface area (Å²) in [7, 11) is 0. The first-order valence-corrected chi connectivity index (χ1v) is 5.78. The van der Waals surface area contributed by atoms with Gasteiger partial charge in [-0.3, -0.25) is 9.20 Å². The van der Waals surface area contributed by atoms with Crippen LogP contribution in [-0.4, -0.2) is 15.7 Å². The van der Waals surface area contributed by atoms with Crippen LogP contribution in [0.25, 0.3) is 16.9 Å². The van der Waals surface area contributed by atoms with E-state index in [-0.39, 0.29) is 0 Å². The van der Waals surface area contributed by atoms with Crippen LogP contribution in [0.2, 0.25) is 0 Å². The van der Waals surface area contributed by atoms with Crippen molar-refractivity contribution in [1.82, 2.24) is 9.38 Å². The molecule has 3 nitrogen and oxygen atoms in total. The van der Waals surface area contributed by atoms with Crippen molar-refractivity contribution >= 4 is 11.9 Å². The fourth-order valence-electron chi connectivity index (χ4n) is 2.13. The first-order chi connectivity index (χ1) is 8.78. The maximum absolute atomic E-state index is 10.8. The fraction of sp³-hybridized carbons (Fsp3) is 0.0667. The first-order valence-electron chi connectivity index (χ1n) is 5.78. The lowest BCUT2D eigenvalue weighted by Gasteiger charge is -2.06. The van der Waals surface area contributed by atoms with Gasteiger partial charge in [-0.1, -0.05) is 29.8 Å². The zero-order chi connectivity index (χ0) is 12.5. The standard InChI is InChI=1S/C15H12N2O/c1-11-4-2-5-12(8-11)14-6-3-7-15-16-13(10-18)9-17(14)15/h2-10H,1H3. The van der Waals surface area contributed by atoms with Crippen molar-refractivity contribution in [3.05, 3.63) is 59.9 Å². The summed E-state index contributed by atoms with van der Waals surface area (Å²) >= 11 is 0. The number of aryl methyl sites for hydroxylation is 1. The molecule has 0 atom stereocenters. The van der Waals surface area contributed by atoms with Crippen LogP contribution in [0.5, 0.6) is 0 Å². The Balaban J connectivity index is 2.28. The summed E-state index contributed by atoms with van der Waals surface area (Å²) in [4.78, 5) is 15.0. The molecule has 3 heteroatoms. The van der Waals surface area contributed by atoms with Gasteiger partial charge in [0.2, 0.25) is 0 Å². The zero-order valence-corrected chi connectivity index (χ0v) is 10.00. The van der Waals surface area contributed by atoms with E-state index in [0.29, 0.717) is 5.69 Å². The molecule has 0 bridgehead atoms. The topological polar surface area (TPSA) is 34.4 Å². The van der Waals surface area contributed by atoms with E-state index in [1.807, 2.05) is 28.7 Å². The number of hydrogen-bond acceptors (Lipinski definition) is 2. The van der Waals surface area contributed by atoms with Gasteiger partial charge in [-0.05, 0) is 30.7 Å². The van der Waals surface area contributed by atoms with Gasteiger partial charge in [-0.2, -0.15) is 0 Å². The summed E-state index contributed by atoms with van der Waals surface area (Å²) in [5, 5.41) is 0. The molecule has 0 aliphatic rings. The summed E-state index contributed by atoms with van der Waals surface area (Å²) in [6.07, 6.45) is 2.53. The number of fused-ring (bicyclic) bond motifs is 1. The second-order valence-corrected chi connectivity index (χ2v) is 4.29. The average Bonchev–Trinajstić information content (AvgIpc) is 2.81. The van der Waals surface area contributed by atoms with Crippen LogP contribution in [0.3, 0.4) is 0 Å². The molecule has 0 saturated heterocycles. The predicted molar refractivity (Wildman–Crippen MR) is 70.8 cm³/mol. The molecule has 18 heavy (non-hydrogen) atoms. The molecule has 0 amide bonds. The van der Waals surface area contributed by atoms with E-state index < -0.39 is 0 Å². The summed E-state index contributed by atoms with van der Waals surface area (Å²) in [5.74, 6) is 0. The molecule has 0 spiro atoms. The van der Waals surface area contributed by atoms with E-state index in [2.05, 4.69) is 30.1 Å². The van der Waals surface area contributed by atoms with Crippen molar-refractivity contribution in [3.8, 4) is 11.3 Å². The molecule has 3 aromatic rings. The Bertz CT molecular complexity index is 728. The van der Waals surface area contributed by atoms with E-state index in [0.717, 1.165) is 23.2 Å². The van der Waals surface area contributed by atoms with Crippen molar-refractivity contribution in [2.45, 2.75) is 6.92 Å². The van der Waals surface area contributed by atoms with Crippen LogP contribution in [0.4, 0.5) is 0 Å². The molecule has 2 aromatic heterocycles. The highest BCUT2D eigenvalue weighted by Crippen LogP contribution is 2.21. The molecular formula is C15H12N2O. The molecule has 0 fully saturated rings. The van der Waals surface area contributed by atoms with Gasteiger partial charge in [-0.15, -0.1) is 0 Å². The fourth-order valence-corrected chi connectivity index (χ4v) is 2.13. The van der Waals surface area contributed by atoms with Crippen molar-refractivity contribution < 1.29 is 4.79 Å². The quantitative estimate of drug-likeness (QED) is 0.641. The molecule has 0 unspecified atom stereocenters. The van der Waals surface area contributed by atoms with Gasteiger partial charge in [0, 0.05) is 6.20 Å². The Morgan fingerprint density at radius 3 is 2.78 bits per heavy atom. The van der Waals surface area contributed by atoms with Gasteiger partial charge in [0.15, 0.2) is 6.29 Å². The lowest BCUT2D eigenvalue weighted by molar-refractivity contribution is 0.111.